The van der Waals surface area contributed by atoms with Crippen LogP contribution in [0.3, 0.4) is 0 Å². The van der Waals surface area contributed by atoms with Crippen LogP contribution in [0, 0.1) is 0 Å². The molecule has 4 rings (SSSR count). The predicted molar refractivity (Wildman–Crippen MR) is 117 cm³/mol. The van der Waals surface area contributed by atoms with E-state index in [1.165, 1.54) is 16.7 Å². The SMILES string of the molecule is COc1ccccc1C1=C(SCc2ccco2)C(=O)N(Cc2ccc(Cl)cc2)C1=O. The summed E-state index contributed by atoms with van der Waals surface area (Å²) in [6.45, 7) is 0.165. The zero-order valence-corrected chi connectivity index (χ0v) is 17.7. The van der Waals surface area contributed by atoms with Crippen LogP contribution in [0.5, 0.6) is 5.75 Å². The van der Waals surface area contributed by atoms with Gasteiger partial charge in [0.25, 0.3) is 11.8 Å². The number of benzene rings is 2. The molecule has 0 unspecified atom stereocenters. The molecule has 0 saturated carbocycles. The molecule has 1 aliphatic heterocycles. The Balaban J connectivity index is 1.70. The number of amides is 2. The Kier molecular flexibility index (Phi) is 5.97. The summed E-state index contributed by atoms with van der Waals surface area (Å²) in [5, 5.41) is 0.598. The van der Waals surface area contributed by atoms with Crippen molar-refractivity contribution in [3.63, 3.8) is 0 Å². The minimum atomic E-state index is -0.346. The van der Waals surface area contributed by atoms with Crippen LogP contribution in [0.25, 0.3) is 5.57 Å². The van der Waals surface area contributed by atoms with Crippen molar-refractivity contribution in [2.45, 2.75) is 12.3 Å². The van der Waals surface area contributed by atoms with Gasteiger partial charge in [-0.25, -0.2) is 0 Å². The smallest absolute Gasteiger partial charge is 0.268 e. The zero-order chi connectivity index (χ0) is 21.1. The molecule has 2 amide bonds. The van der Waals surface area contributed by atoms with Crippen molar-refractivity contribution in [3.8, 4) is 5.75 Å². The molecule has 0 N–H and O–H groups in total. The fraction of sp³-hybridized carbons (Fsp3) is 0.130. The van der Waals surface area contributed by atoms with Gasteiger partial charge in [-0.2, -0.15) is 0 Å². The molecule has 0 atom stereocenters. The van der Waals surface area contributed by atoms with Crippen molar-refractivity contribution >= 4 is 40.8 Å². The summed E-state index contributed by atoms with van der Waals surface area (Å²) in [5.74, 6) is 1.03. The standard InChI is InChI=1S/C23H18ClNO4S/c1-28-19-7-3-2-6-18(19)20-21(30-14-17-5-4-12-29-17)23(27)25(22(20)26)13-15-8-10-16(24)11-9-15/h2-12H,13-14H2,1H3. The second kappa shape index (κ2) is 8.81. The predicted octanol–water partition coefficient (Wildman–Crippen LogP) is 5.16. The quantitative estimate of drug-likeness (QED) is 0.476. The van der Waals surface area contributed by atoms with E-state index >= 15 is 0 Å². The van der Waals surface area contributed by atoms with Crippen molar-refractivity contribution < 1.29 is 18.7 Å². The van der Waals surface area contributed by atoms with Crippen molar-refractivity contribution in [1.29, 1.82) is 0 Å². The van der Waals surface area contributed by atoms with Gasteiger partial charge in [-0.05, 0) is 35.9 Å². The van der Waals surface area contributed by atoms with Crippen LogP contribution in [-0.4, -0.2) is 23.8 Å². The number of ether oxygens (including phenoxy) is 1. The Morgan fingerprint density at radius 3 is 2.47 bits per heavy atom. The largest absolute Gasteiger partial charge is 0.496 e. The van der Waals surface area contributed by atoms with Crippen LogP contribution in [-0.2, 0) is 21.9 Å². The lowest BCUT2D eigenvalue weighted by Gasteiger charge is -2.15. The Morgan fingerprint density at radius 2 is 1.77 bits per heavy atom. The molecule has 0 saturated heterocycles. The van der Waals surface area contributed by atoms with Crippen LogP contribution < -0.4 is 4.74 Å². The Morgan fingerprint density at radius 1 is 1.00 bits per heavy atom. The van der Waals surface area contributed by atoms with Crippen LogP contribution in [0.1, 0.15) is 16.9 Å². The number of carbonyl (C=O) groups excluding carboxylic acids is 2. The van der Waals surface area contributed by atoms with E-state index in [0.717, 1.165) is 11.3 Å². The molecule has 1 aliphatic rings. The number of rotatable bonds is 7. The van der Waals surface area contributed by atoms with E-state index in [1.807, 2.05) is 18.2 Å². The maximum Gasteiger partial charge on any atom is 0.268 e. The van der Waals surface area contributed by atoms with Gasteiger partial charge in [-0.15, -0.1) is 11.8 Å². The first-order valence-electron chi connectivity index (χ1n) is 9.22. The number of furan rings is 1. The van der Waals surface area contributed by atoms with Crippen molar-refractivity contribution in [2.75, 3.05) is 7.11 Å². The first-order chi connectivity index (χ1) is 14.6. The fourth-order valence-corrected chi connectivity index (χ4v) is 4.38. The minimum Gasteiger partial charge on any atom is -0.496 e. The van der Waals surface area contributed by atoms with Gasteiger partial charge in [0.1, 0.15) is 11.5 Å². The van der Waals surface area contributed by atoms with E-state index in [4.69, 9.17) is 20.8 Å². The molecule has 152 valence electrons. The number of halogens is 1. The number of para-hydroxylation sites is 1. The van der Waals surface area contributed by atoms with Gasteiger partial charge in [0.2, 0.25) is 0 Å². The molecular weight excluding hydrogens is 422 g/mol. The average molecular weight is 440 g/mol. The lowest BCUT2D eigenvalue weighted by atomic mass is 10.0. The number of hydrogen-bond donors (Lipinski definition) is 0. The van der Waals surface area contributed by atoms with Gasteiger partial charge in [0.15, 0.2) is 0 Å². The summed E-state index contributed by atoms with van der Waals surface area (Å²) in [6, 6.07) is 17.9. The van der Waals surface area contributed by atoms with Crippen molar-refractivity contribution in [1.82, 2.24) is 4.90 Å². The van der Waals surface area contributed by atoms with Gasteiger partial charge in [-0.1, -0.05) is 41.9 Å². The third kappa shape index (κ3) is 4.01. The van der Waals surface area contributed by atoms with Crippen LogP contribution >= 0.6 is 23.4 Å². The van der Waals surface area contributed by atoms with Gasteiger partial charge in [0.05, 0.1) is 36.1 Å². The number of nitrogens with zero attached hydrogens (tertiary/aromatic N) is 1. The number of hydrogen-bond acceptors (Lipinski definition) is 5. The zero-order valence-electron chi connectivity index (χ0n) is 16.1. The molecule has 0 bridgehead atoms. The highest BCUT2D eigenvalue weighted by molar-refractivity contribution is 8.03. The van der Waals surface area contributed by atoms with E-state index in [0.29, 0.717) is 32.6 Å². The number of thioether (sulfide) groups is 1. The maximum atomic E-state index is 13.4. The summed E-state index contributed by atoms with van der Waals surface area (Å²) in [6.07, 6.45) is 1.58. The third-order valence-corrected chi connectivity index (χ3v) is 6.04. The molecule has 0 fully saturated rings. The van der Waals surface area contributed by atoms with Gasteiger partial charge in [-0.3, -0.25) is 14.5 Å². The van der Waals surface area contributed by atoms with Gasteiger partial charge >= 0.3 is 0 Å². The van der Waals surface area contributed by atoms with Crippen molar-refractivity contribution in [3.05, 3.63) is 93.7 Å². The van der Waals surface area contributed by atoms with Gasteiger partial charge in [0, 0.05) is 10.6 Å². The molecule has 0 spiro atoms. The fourth-order valence-electron chi connectivity index (χ4n) is 3.23. The molecular formula is C23H18ClNO4S. The highest BCUT2D eigenvalue weighted by Crippen LogP contribution is 2.41. The van der Waals surface area contributed by atoms with E-state index in [9.17, 15) is 9.59 Å². The number of methoxy groups -OCH3 is 1. The van der Waals surface area contributed by atoms with E-state index in [2.05, 4.69) is 0 Å². The number of imide groups is 1. The normalized spacial score (nSPS) is 14.0. The average Bonchev–Trinajstić information content (AvgIpc) is 3.36. The minimum absolute atomic E-state index is 0.165. The lowest BCUT2D eigenvalue weighted by molar-refractivity contribution is -0.137. The van der Waals surface area contributed by atoms with E-state index in [-0.39, 0.29) is 18.4 Å². The van der Waals surface area contributed by atoms with Crippen LogP contribution in [0.15, 0.2) is 76.2 Å². The van der Waals surface area contributed by atoms with E-state index in [1.54, 1.807) is 55.8 Å². The first kappa shape index (κ1) is 20.3. The third-order valence-electron chi connectivity index (χ3n) is 4.69. The van der Waals surface area contributed by atoms with Crippen LogP contribution in [0.2, 0.25) is 5.02 Å². The summed E-state index contributed by atoms with van der Waals surface area (Å²) < 4.78 is 10.8. The molecule has 2 heterocycles. The van der Waals surface area contributed by atoms with Crippen molar-refractivity contribution in [2.24, 2.45) is 0 Å². The molecule has 3 aromatic rings. The second-order valence-electron chi connectivity index (χ2n) is 6.60. The molecule has 0 radical (unpaired) electrons. The number of carbonyl (C=O) groups is 2. The molecule has 5 nitrogen and oxygen atoms in total. The summed E-state index contributed by atoms with van der Waals surface area (Å²) in [4.78, 5) is 28.3. The summed E-state index contributed by atoms with van der Waals surface area (Å²) in [5.41, 5.74) is 1.76. The Bertz CT molecular complexity index is 1110. The Labute approximate surface area is 183 Å². The molecule has 2 aromatic carbocycles. The van der Waals surface area contributed by atoms with Gasteiger partial charge < -0.3 is 9.15 Å². The molecule has 30 heavy (non-hydrogen) atoms. The maximum absolute atomic E-state index is 13.4. The topological polar surface area (TPSA) is 59.8 Å². The van der Waals surface area contributed by atoms with E-state index < -0.39 is 0 Å². The molecule has 0 aliphatic carbocycles. The second-order valence-corrected chi connectivity index (χ2v) is 8.02. The highest BCUT2D eigenvalue weighted by Gasteiger charge is 2.40. The Hall–Kier alpha value is -2.96. The summed E-state index contributed by atoms with van der Waals surface area (Å²) in [7, 11) is 1.54. The van der Waals surface area contributed by atoms with Crippen LogP contribution in [0.4, 0.5) is 0 Å². The first-order valence-corrected chi connectivity index (χ1v) is 10.6. The highest BCUT2D eigenvalue weighted by atomic mass is 35.5. The lowest BCUT2D eigenvalue weighted by Crippen LogP contribution is -2.30. The molecule has 7 heteroatoms. The summed E-state index contributed by atoms with van der Waals surface area (Å²) >= 11 is 7.24. The molecule has 1 aromatic heterocycles. The monoisotopic (exact) mass is 439 g/mol.